The van der Waals surface area contributed by atoms with Crippen molar-refractivity contribution in [2.45, 2.75) is 53.4 Å². The Kier molecular flexibility index (Phi) is 4.81. The average Bonchev–Trinajstić information content (AvgIpc) is 2.29. The van der Waals surface area contributed by atoms with Gasteiger partial charge in [0.1, 0.15) is 0 Å². The van der Waals surface area contributed by atoms with Crippen LogP contribution < -0.4 is 0 Å². The number of hydrogen-bond donors (Lipinski definition) is 1. The van der Waals surface area contributed by atoms with E-state index in [0.29, 0.717) is 12.0 Å². The van der Waals surface area contributed by atoms with Gasteiger partial charge in [-0.05, 0) is 44.2 Å². The number of nitrogens with zero attached hydrogens (tertiary/aromatic N) is 1. The molecule has 0 aromatic heterocycles. The molecule has 0 radical (unpaired) electrons. The minimum absolute atomic E-state index is 0.140. The van der Waals surface area contributed by atoms with Crippen LogP contribution >= 0.6 is 0 Å². The molecule has 1 aliphatic heterocycles. The fraction of sp³-hybridized carbons (Fsp3) is 1.00. The zero-order chi connectivity index (χ0) is 12.2. The van der Waals surface area contributed by atoms with Crippen LogP contribution in [0.5, 0.6) is 0 Å². The fourth-order valence-electron chi connectivity index (χ4n) is 2.54. The maximum atomic E-state index is 9.58. The van der Waals surface area contributed by atoms with Gasteiger partial charge in [0.15, 0.2) is 0 Å². The molecule has 96 valence electrons. The van der Waals surface area contributed by atoms with Gasteiger partial charge in [-0.15, -0.1) is 0 Å². The molecule has 16 heavy (non-hydrogen) atoms. The second kappa shape index (κ2) is 5.50. The van der Waals surface area contributed by atoms with E-state index in [2.05, 4.69) is 32.6 Å². The molecule has 0 amide bonds. The van der Waals surface area contributed by atoms with Gasteiger partial charge in [-0.1, -0.05) is 27.7 Å². The van der Waals surface area contributed by atoms with Gasteiger partial charge in [0.25, 0.3) is 0 Å². The van der Waals surface area contributed by atoms with Crippen LogP contribution in [-0.4, -0.2) is 36.2 Å². The SMILES string of the molecule is CCC(CC)(CO)CN1CCC(C)(C)CC1. The zero-order valence-electron chi connectivity index (χ0n) is 11.6. The molecule has 2 heteroatoms. The summed E-state index contributed by atoms with van der Waals surface area (Å²) in [5.74, 6) is 0. The number of aliphatic hydroxyl groups is 1. The van der Waals surface area contributed by atoms with Gasteiger partial charge < -0.3 is 10.0 Å². The monoisotopic (exact) mass is 227 g/mol. The molecule has 1 heterocycles. The maximum absolute atomic E-state index is 9.58. The predicted octanol–water partition coefficient (Wildman–Crippen LogP) is 2.91. The van der Waals surface area contributed by atoms with E-state index in [9.17, 15) is 5.11 Å². The number of rotatable bonds is 5. The standard InChI is InChI=1S/C14H29NO/c1-5-14(6-2,12-16)11-15-9-7-13(3,4)8-10-15/h16H,5-12H2,1-4H3. The Morgan fingerprint density at radius 3 is 2.00 bits per heavy atom. The molecule has 1 fully saturated rings. The molecule has 0 aromatic rings. The third kappa shape index (κ3) is 3.46. The van der Waals surface area contributed by atoms with Gasteiger partial charge in [-0.3, -0.25) is 0 Å². The Labute approximate surface area is 101 Å². The second-order valence-electron chi connectivity index (χ2n) is 6.31. The smallest absolute Gasteiger partial charge is 0.0499 e. The van der Waals surface area contributed by atoms with Crippen LogP contribution in [0.15, 0.2) is 0 Å². The van der Waals surface area contributed by atoms with Crippen LogP contribution in [0.4, 0.5) is 0 Å². The van der Waals surface area contributed by atoms with Crippen molar-refractivity contribution in [2.75, 3.05) is 26.2 Å². The second-order valence-corrected chi connectivity index (χ2v) is 6.31. The van der Waals surface area contributed by atoms with Crippen molar-refractivity contribution in [1.29, 1.82) is 0 Å². The van der Waals surface area contributed by atoms with Crippen LogP contribution in [-0.2, 0) is 0 Å². The van der Waals surface area contributed by atoms with E-state index in [1.165, 1.54) is 25.9 Å². The minimum Gasteiger partial charge on any atom is -0.396 e. The quantitative estimate of drug-likeness (QED) is 0.780. The molecule has 2 nitrogen and oxygen atoms in total. The molecule has 1 aliphatic rings. The number of hydrogen-bond acceptors (Lipinski definition) is 2. The van der Waals surface area contributed by atoms with E-state index in [-0.39, 0.29) is 5.41 Å². The predicted molar refractivity (Wildman–Crippen MR) is 69.6 cm³/mol. The Bertz CT molecular complexity index is 191. The molecule has 1 saturated heterocycles. The number of likely N-dealkylation sites (tertiary alicyclic amines) is 1. The van der Waals surface area contributed by atoms with E-state index >= 15 is 0 Å². The van der Waals surface area contributed by atoms with E-state index in [1.54, 1.807) is 0 Å². The van der Waals surface area contributed by atoms with Gasteiger partial charge in [0, 0.05) is 18.6 Å². The Hall–Kier alpha value is -0.0800. The van der Waals surface area contributed by atoms with Crippen molar-refractivity contribution in [2.24, 2.45) is 10.8 Å². The lowest BCUT2D eigenvalue weighted by Gasteiger charge is -2.42. The van der Waals surface area contributed by atoms with Crippen LogP contribution in [0, 0.1) is 10.8 Å². The molecule has 0 bridgehead atoms. The highest BCUT2D eigenvalue weighted by molar-refractivity contribution is 4.84. The zero-order valence-corrected chi connectivity index (χ0v) is 11.6. The van der Waals surface area contributed by atoms with Crippen LogP contribution in [0.1, 0.15) is 53.4 Å². The number of aliphatic hydroxyl groups excluding tert-OH is 1. The highest BCUT2D eigenvalue weighted by atomic mass is 16.3. The van der Waals surface area contributed by atoms with Crippen LogP contribution in [0.2, 0.25) is 0 Å². The normalized spacial score (nSPS) is 22.3. The minimum atomic E-state index is 0.140. The van der Waals surface area contributed by atoms with Gasteiger partial charge >= 0.3 is 0 Å². The summed E-state index contributed by atoms with van der Waals surface area (Å²) >= 11 is 0. The largest absolute Gasteiger partial charge is 0.396 e. The lowest BCUT2D eigenvalue weighted by molar-refractivity contribution is 0.0386. The number of piperidine rings is 1. The Morgan fingerprint density at radius 1 is 1.12 bits per heavy atom. The molecule has 0 aliphatic carbocycles. The van der Waals surface area contributed by atoms with E-state index in [1.807, 2.05) is 0 Å². The first-order chi connectivity index (χ1) is 7.47. The first kappa shape index (κ1) is 14.0. The molecule has 0 spiro atoms. The summed E-state index contributed by atoms with van der Waals surface area (Å²) in [7, 11) is 0. The van der Waals surface area contributed by atoms with Gasteiger partial charge in [0.2, 0.25) is 0 Å². The van der Waals surface area contributed by atoms with Crippen molar-refractivity contribution in [1.82, 2.24) is 4.90 Å². The van der Waals surface area contributed by atoms with Crippen molar-refractivity contribution in [3.05, 3.63) is 0 Å². The molecule has 0 aromatic carbocycles. The third-order valence-corrected chi connectivity index (χ3v) is 4.60. The highest BCUT2D eigenvalue weighted by Crippen LogP contribution is 2.33. The van der Waals surface area contributed by atoms with Crippen molar-refractivity contribution in [3.8, 4) is 0 Å². The summed E-state index contributed by atoms with van der Waals surface area (Å²) in [4.78, 5) is 2.55. The molecular weight excluding hydrogens is 198 g/mol. The van der Waals surface area contributed by atoms with Crippen LogP contribution in [0.3, 0.4) is 0 Å². The van der Waals surface area contributed by atoms with Crippen LogP contribution in [0.25, 0.3) is 0 Å². The molecule has 0 atom stereocenters. The first-order valence-electron chi connectivity index (χ1n) is 6.80. The van der Waals surface area contributed by atoms with Crippen molar-refractivity contribution < 1.29 is 5.11 Å². The molecular formula is C14H29NO. The Balaban J connectivity index is 2.48. The lowest BCUT2D eigenvalue weighted by atomic mass is 9.79. The van der Waals surface area contributed by atoms with Crippen molar-refractivity contribution >= 4 is 0 Å². The molecule has 0 unspecified atom stereocenters. The summed E-state index contributed by atoms with van der Waals surface area (Å²) in [6, 6.07) is 0. The summed E-state index contributed by atoms with van der Waals surface area (Å²) in [6.07, 6.45) is 4.75. The molecule has 1 rings (SSSR count). The molecule has 1 N–H and O–H groups in total. The summed E-state index contributed by atoms with van der Waals surface area (Å²) in [6.45, 7) is 12.9. The fourth-order valence-corrected chi connectivity index (χ4v) is 2.54. The summed E-state index contributed by atoms with van der Waals surface area (Å²) < 4.78 is 0. The summed E-state index contributed by atoms with van der Waals surface area (Å²) in [5, 5.41) is 9.58. The summed E-state index contributed by atoms with van der Waals surface area (Å²) in [5.41, 5.74) is 0.665. The Morgan fingerprint density at radius 2 is 1.62 bits per heavy atom. The lowest BCUT2D eigenvalue weighted by Crippen LogP contribution is -2.45. The third-order valence-electron chi connectivity index (χ3n) is 4.60. The molecule has 0 saturated carbocycles. The van der Waals surface area contributed by atoms with Gasteiger partial charge in [-0.2, -0.15) is 0 Å². The topological polar surface area (TPSA) is 23.5 Å². The van der Waals surface area contributed by atoms with E-state index in [0.717, 1.165) is 19.4 Å². The van der Waals surface area contributed by atoms with Crippen molar-refractivity contribution in [3.63, 3.8) is 0 Å². The van der Waals surface area contributed by atoms with Gasteiger partial charge in [-0.25, -0.2) is 0 Å². The highest BCUT2D eigenvalue weighted by Gasteiger charge is 2.31. The average molecular weight is 227 g/mol. The van der Waals surface area contributed by atoms with Gasteiger partial charge in [0.05, 0.1) is 0 Å². The van der Waals surface area contributed by atoms with E-state index < -0.39 is 0 Å². The first-order valence-corrected chi connectivity index (χ1v) is 6.80. The maximum Gasteiger partial charge on any atom is 0.0499 e. The van der Waals surface area contributed by atoms with E-state index in [4.69, 9.17) is 0 Å².